The van der Waals surface area contributed by atoms with Crippen LogP contribution in [0, 0.1) is 5.82 Å². The molecule has 0 unspecified atom stereocenters. The molecule has 0 saturated carbocycles. The van der Waals surface area contributed by atoms with Gasteiger partial charge >= 0.3 is 0 Å². The molecule has 1 aliphatic heterocycles. The van der Waals surface area contributed by atoms with E-state index in [4.69, 9.17) is 0 Å². The number of halogens is 1. The van der Waals surface area contributed by atoms with Crippen molar-refractivity contribution < 1.29 is 4.39 Å². The number of hydrogen-bond acceptors (Lipinski definition) is 3. The topological polar surface area (TPSA) is 34.4 Å². The number of thiazole rings is 1. The lowest BCUT2D eigenvalue weighted by Crippen LogP contribution is -2.33. The smallest absolute Gasteiger partial charge is 0.270 e. The van der Waals surface area contributed by atoms with E-state index in [-0.39, 0.29) is 11.4 Å². The first kappa shape index (κ1) is 11.3. The Morgan fingerprint density at radius 3 is 3.11 bits per heavy atom. The van der Waals surface area contributed by atoms with Crippen molar-refractivity contribution in [1.82, 2.24) is 4.57 Å². The zero-order valence-electron chi connectivity index (χ0n) is 9.60. The van der Waals surface area contributed by atoms with Crippen LogP contribution in [0.2, 0.25) is 0 Å². The van der Waals surface area contributed by atoms with E-state index in [2.05, 4.69) is 4.99 Å². The van der Waals surface area contributed by atoms with Crippen LogP contribution in [0.3, 0.4) is 0 Å². The lowest BCUT2D eigenvalue weighted by Gasteiger charge is -2.03. The first-order valence-electron chi connectivity index (χ1n) is 5.75. The Bertz CT molecular complexity index is 760. The molecule has 3 nitrogen and oxygen atoms in total. The molecule has 3 rings (SSSR count). The molecule has 18 heavy (non-hydrogen) atoms. The Labute approximate surface area is 107 Å². The number of nitrogens with zero attached hydrogens (tertiary/aromatic N) is 2. The maximum atomic E-state index is 13.1. The van der Waals surface area contributed by atoms with E-state index >= 15 is 0 Å². The van der Waals surface area contributed by atoms with Crippen molar-refractivity contribution in [2.24, 2.45) is 4.99 Å². The van der Waals surface area contributed by atoms with Gasteiger partial charge in [-0.2, -0.15) is 0 Å². The quantitative estimate of drug-likeness (QED) is 0.752. The maximum absolute atomic E-state index is 13.1. The van der Waals surface area contributed by atoms with E-state index in [1.807, 2.05) is 0 Å². The fourth-order valence-corrected chi connectivity index (χ4v) is 3.00. The third-order valence-corrected chi connectivity index (χ3v) is 3.87. The monoisotopic (exact) mass is 262 g/mol. The van der Waals surface area contributed by atoms with Gasteiger partial charge in [0.25, 0.3) is 5.56 Å². The van der Waals surface area contributed by atoms with Crippen molar-refractivity contribution in [3.05, 3.63) is 55.3 Å². The van der Waals surface area contributed by atoms with E-state index in [0.717, 1.165) is 24.3 Å². The summed E-state index contributed by atoms with van der Waals surface area (Å²) in [4.78, 5) is 17.2. The molecule has 0 spiro atoms. The van der Waals surface area contributed by atoms with E-state index in [0.29, 0.717) is 10.1 Å². The molecule has 2 aromatic rings. The van der Waals surface area contributed by atoms with Gasteiger partial charge in [0.2, 0.25) is 0 Å². The first-order chi connectivity index (χ1) is 8.74. The van der Waals surface area contributed by atoms with Crippen molar-refractivity contribution in [2.75, 3.05) is 6.54 Å². The van der Waals surface area contributed by atoms with Crippen LogP contribution < -0.4 is 14.9 Å². The molecule has 1 aromatic carbocycles. The van der Waals surface area contributed by atoms with Gasteiger partial charge in [-0.1, -0.05) is 23.5 Å². The van der Waals surface area contributed by atoms with Crippen molar-refractivity contribution in [3.8, 4) is 0 Å². The second-order valence-corrected chi connectivity index (χ2v) is 5.15. The lowest BCUT2D eigenvalue weighted by atomic mass is 10.2. The minimum absolute atomic E-state index is 0.0253. The fourth-order valence-electron chi connectivity index (χ4n) is 1.97. The third-order valence-electron chi connectivity index (χ3n) is 2.82. The zero-order valence-corrected chi connectivity index (χ0v) is 10.4. The van der Waals surface area contributed by atoms with Crippen molar-refractivity contribution >= 4 is 17.4 Å². The molecule has 0 fully saturated rings. The molecule has 0 N–H and O–H groups in total. The van der Waals surface area contributed by atoms with Crippen LogP contribution in [-0.4, -0.2) is 11.1 Å². The SMILES string of the molecule is O=c1/c(=C\c2cccc(F)c2)sc2n1CCCN=2. The largest absolute Gasteiger partial charge is 0.284 e. The summed E-state index contributed by atoms with van der Waals surface area (Å²) in [6.07, 6.45) is 2.62. The number of rotatable bonds is 1. The number of fused-ring (bicyclic) bond motifs is 1. The number of aromatic nitrogens is 1. The van der Waals surface area contributed by atoms with E-state index in [1.165, 1.54) is 23.5 Å². The number of benzene rings is 1. The highest BCUT2D eigenvalue weighted by molar-refractivity contribution is 7.07. The summed E-state index contributed by atoms with van der Waals surface area (Å²) in [5.74, 6) is -0.296. The van der Waals surface area contributed by atoms with Crippen molar-refractivity contribution in [3.63, 3.8) is 0 Å². The molecule has 5 heteroatoms. The summed E-state index contributed by atoms with van der Waals surface area (Å²) in [6, 6.07) is 6.22. The van der Waals surface area contributed by atoms with E-state index < -0.39 is 0 Å². The lowest BCUT2D eigenvalue weighted by molar-refractivity contribution is 0.573. The highest BCUT2D eigenvalue weighted by Gasteiger charge is 2.08. The van der Waals surface area contributed by atoms with Crippen molar-refractivity contribution in [2.45, 2.75) is 13.0 Å². The molecule has 0 radical (unpaired) electrons. The van der Waals surface area contributed by atoms with Crippen molar-refractivity contribution in [1.29, 1.82) is 0 Å². The Kier molecular flexibility index (Phi) is 2.83. The standard InChI is InChI=1S/C13H11FN2OS/c14-10-4-1-3-9(7-10)8-11-12(17)16-6-2-5-15-13(16)18-11/h1,3-4,7-8H,2,5-6H2/b11-8+. The second kappa shape index (κ2) is 4.49. The summed E-state index contributed by atoms with van der Waals surface area (Å²) >= 11 is 1.37. The normalized spacial score (nSPS) is 15.3. The highest BCUT2D eigenvalue weighted by atomic mass is 32.1. The third kappa shape index (κ3) is 2.01. The molecule has 1 aliphatic rings. The Hall–Kier alpha value is -1.75. The summed E-state index contributed by atoms with van der Waals surface area (Å²) in [6.45, 7) is 1.50. The Morgan fingerprint density at radius 1 is 1.44 bits per heavy atom. The predicted molar refractivity (Wildman–Crippen MR) is 68.8 cm³/mol. The average Bonchev–Trinajstić information content (AvgIpc) is 2.67. The molecule has 2 heterocycles. The fraction of sp³-hybridized carbons (Fsp3) is 0.231. The maximum Gasteiger partial charge on any atom is 0.270 e. The highest BCUT2D eigenvalue weighted by Crippen LogP contribution is 2.03. The van der Waals surface area contributed by atoms with Crippen LogP contribution in [-0.2, 0) is 6.54 Å². The molecule has 0 bridgehead atoms. The van der Waals surface area contributed by atoms with Gasteiger partial charge in [0, 0.05) is 13.1 Å². The van der Waals surface area contributed by atoms with Gasteiger partial charge in [0.15, 0.2) is 4.80 Å². The predicted octanol–water partition coefficient (Wildman–Crippen LogP) is 0.901. The van der Waals surface area contributed by atoms with Gasteiger partial charge < -0.3 is 0 Å². The van der Waals surface area contributed by atoms with Crippen LogP contribution in [0.15, 0.2) is 34.1 Å². The molecular formula is C13H11FN2OS. The minimum Gasteiger partial charge on any atom is -0.284 e. The van der Waals surface area contributed by atoms with E-state index in [1.54, 1.807) is 22.8 Å². The van der Waals surface area contributed by atoms with Gasteiger partial charge in [0.05, 0.1) is 4.53 Å². The summed E-state index contributed by atoms with van der Waals surface area (Å²) in [7, 11) is 0. The first-order valence-corrected chi connectivity index (χ1v) is 6.57. The van der Waals surface area contributed by atoms with Gasteiger partial charge in [-0.05, 0) is 30.2 Å². The molecule has 92 valence electrons. The zero-order chi connectivity index (χ0) is 12.5. The summed E-state index contributed by atoms with van der Waals surface area (Å²) in [5, 5.41) is 0. The molecular weight excluding hydrogens is 251 g/mol. The Balaban J connectivity index is 2.19. The number of hydrogen-bond donors (Lipinski definition) is 0. The van der Waals surface area contributed by atoms with Gasteiger partial charge in [0.1, 0.15) is 5.82 Å². The molecule has 1 aromatic heterocycles. The van der Waals surface area contributed by atoms with Crippen LogP contribution in [0.4, 0.5) is 4.39 Å². The van der Waals surface area contributed by atoms with Crippen LogP contribution in [0.25, 0.3) is 6.08 Å². The molecule has 0 saturated heterocycles. The van der Waals surface area contributed by atoms with Gasteiger partial charge in [-0.25, -0.2) is 4.39 Å². The summed E-state index contributed by atoms with van der Waals surface area (Å²) in [5.41, 5.74) is 0.675. The van der Waals surface area contributed by atoms with Gasteiger partial charge in [-0.3, -0.25) is 14.4 Å². The van der Waals surface area contributed by atoms with Crippen LogP contribution in [0.5, 0.6) is 0 Å². The Morgan fingerprint density at radius 2 is 2.33 bits per heavy atom. The molecule has 0 amide bonds. The van der Waals surface area contributed by atoms with E-state index in [9.17, 15) is 9.18 Å². The second-order valence-electron chi connectivity index (χ2n) is 4.14. The van der Waals surface area contributed by atoms with Crippen LogP contribution in [0.1, 0.15) is 12.0 Å². The minimum atomic E-state index is -0.296. The average molecular weight is 262 g/mol. The van der Waals surface area contributed by atoms with Crippen LogP contribution >= 0.6 is 11.3 Å². The molecule has 0 atom stereocenters. The van der Waals surface area contributed by atoms with Gasteiger partial charge in [-0.15, -0.1) is 0 Å². The molecule has 0 aliphatic carbocycles. The summed E-state index contributed by atoms with van der Waals surface area (Å²) < 4.78 is 15.4.